The summed E-state index contributed by atoms with van der Waals surface area (Å²) >= 11 is 5.71. The van der Waals surface area contributed by atoms with Crippen molar-refractivity contribution < 1.29 is 17.9 Å². The second-order valence-electron chi connectivity index (χ2n) is 3.86. The zero-order chi connectivity index (χ0) is 14.8. The number of aromatic nitrogens is 2. The van der Waals surface area contributed by atoms with E-state index in [-0.39, 0.29) is 11.0 Å². The number of halogens is 4. The Morgan fingerprint density at radius 1 is 1.15 bits per heavy atom. The zero-order valence-corrected chi connectivity index (χ0v) is 11.0. The molecule has 0 bridgehead atoms. The van der Waals surface area contributed by atoms with Crippen LogP contribution < -0.4 is 10.1 Å². The highest BCUT2D eigenvalue weighted by molar-refractivity contribution is 6.28. The molecular weight excluding hydrogens is 295 g/mol. The minimum absolute atomic E-state index is 0.0875. The molecule has 106 valence electrons. The average molecular weight is 304 g/mol. The lowest BCUT2D eigenvalue weighted by Gasteiger charge is -2.10. The second-order valence-corrected chi connectivity index (χ2v) is 4.20. The summed E-state index contributed by atoms with van der Waals surface area (Å²) in [5.74, 6) is 0.159. The van der Waals surface area contributed by atoms with Crippen molar-refractivity contribution in [1.82, 2.24) is 9.97 Å². The van der Waals surface area contributed by atoms with Gasteiger partial charge >= 0.3 is 6.36 Å². The van der Waals surface area contributed by atoms with Crippen LogP contribution in [0.15, 0.2) is 30.3 Å². The maximum atomic E-state index is 12.0. The molecule has 8 heteroatoms. The van der Waals surface area contributed by atoms with E-state index in [1.165, 1.54) is 24.3 Å². The highest BCUT2D eigenvalue weighted by atomic mass is 35.5. The monoisotopic (exact) mass is 303 g/mol. The molecule has 1 heterocycles. The maximum Gasteiger partial charge on any atom is 0.573 e. The summed E-state index contributed by atoms with van der Waals surface area (Å²) in [6.45, 7) is 1.75. The molecule has 1 aromatic carbocycles. The molecule has 0 aliphatic carbocycles. The van der Waals surface area contributed by atoms with Crippen LogP contribution in [-0.2, 0) is 0 Å². The molecule has 0 unspecified atom stereocenters. The van der Waals surface area contributed by atoms with Crippen LogP contribution in [0.2, 0.25) is 5.28 Å². The molecule has 2 rings (SSSR count). The van der Waals surface area contributed by atoms with Crippen molar-refractivity contribution in [2.75, 3.05) is 5.32 Å². The average Bonchev–Trinajstić information content (AvgIpc) is 2.28. The quantitative estimate of drug-likeness (QED) is 0.868. The van der Waals surface area contributed by atoms with Gasteiger partial charge in [-0.3, -0.25) is 0 Å². The molecule has 1 aromatic heterocycles. The minimum atomic E-state index is -4.70. The Morgan fingerprint density at radius 2 is 1.80 bits per heavy atom. The molecule has 0 radical (unpaired) electrons. The first-order valence-corrected chi connectivity index (χ1v) is 5.84. The van der Waals surface area contributed by atoms with E-state index in [0.29, 0.717) is 17.2 Å². The predicted molar refractivity (Wildman–Crippen MR) is 68.2 cm³/mol. The molecule has 0 saturated carbocycles. The largest absolute Gasteiger partial charge is 0.573 e. The van der Waals surface area contributed by atoms with Crippen LogP contribution in [0.1, 0.15) is 5.69 Å². The third kappa shape index (κ3) is 4.27. The molecule has 0 aliphatic heterocycles. The first kappa shape index (κ1) is 14.4. The van der Waals surface area contributed by atoms with Gasteiger partial charge in [0.1, 0.15) is 11.6 Å². The summed E-state index contributed by atoms with van der Waals surface area (Å²) in [5.41, 5.74) is 1.22. The fourth-order valence-corrected chi connectivity index (χ4v) is 1.71. The molecular formula is C12H9ClF3N3O. The molecule has 4 nitrogen and oxygen atoms in total. The lowest BCUT2D eigenvalue weighted by Crippen LogP contribution is -2.16. The number of rotatable bonds is 3. The van der Waals surface area contributed by atoms with Crippen molar-refractivity contribution in [3.8, 4) is 5.75 Å². The van der Waals surface area contributed by atoms with Crippen LogP contribution in [0.4, 0.5) is 24.7 Å². The maximum absolute atomic E-state index is 12.0. The molecule has 0 atom stereocenters. The summed E-state index contributed by atoms with van der Waals surface area (Å²) < 4.78 is 39.8. The van der Waals surface area contributed by atoms with Crippen LogP contribution >= 0.6 is 11.6 Å². The summed E-state index contributed by atoms with van der Waals surface area (Å²) in [6, 6.07) is 6.93. The van der Waals surface area contributed by atoms with Gasteiger partial charge in [-0.15, -0.1) is 13.2 Å². The van der Waals surface area contributed by atoms with Crippen molar-refractivity contribution in [2.45, 2.75) is 13.3 Å². The first-order chi connectivity index (χ1) is 9.32. The SMILES string of the molecule is Cc1cc(Nc2ccc(OC(F)(F)F)cc2)nc(Cl)n1. The van der Waals surface area contributed by atoms with Gasteiger partial charge in [0.15, 0.2) is 0 Å². The van der Waals surface area contributed by atoms with Gasteiger partial charge in [-0.2, -0.15) is 0 Å². The topological polar surface area (TPSA) is 47.0 Å². The minimum Gasteiger partial charge on any atom is -0.406 e. The van der Waals surface area contributed by atoms with E-state index in [1.807, 2.05) is 0 Å². The number of anilines is 2. The third-order valence-electron chi connectivity index (χ3n) is 2.19. The van der Waals surface area contributed by atoms with Crippen molar-refractivity contribution in [2.24, 2.45) is 0 Å². The highest BCUT2D eigenvalue weighted by Gasteiger charge is 2.30. The Balaban J connectivity index is 2.10. The van der Waals surface area contributed by atoms with Crippen LogP contribution in [0, 0.1) is 6.92 Å². The Bertz CT molecular complexity index is 582. The van der Waals surface area contributed by atoms with E-state index in [1.54, 1.807) is 13.0 Å². The van der Waals surface area contributed by atoms with Gasteiger partial charge in [0, 0.05) is 17.4 Å². The summed E-state index contributed by atoms with van der Waals surface area (Å²) in [6.07, 6.45) is -4.70. The highest BCUT2D eigenvalue weighted by Crippen LogP contribution is 2.25. The van der Waals surface area contributed by atoms with Crippen LogP contribution in [0.3, 0.4) is 0 Å². The van der Waals surface area contributed by atoms with Crippen LogP contribution in [-0.4, -0.2) is 16.3 Å². The molecule has 20 heavy (non-hydrogen) atoms. The number of hydrogen-bond donors (Lipinski definition) is 1. The van der Waals surface area contributed by atoms with Crippen LogP contribution in [0.5, 0.6) is 5.75 Å². The molecule has 0 fully saturated rings. The standard InChI is InChI=1S/C12H9ClF3N3O/c1-7-6-10(19-11(13)17-7)18-8-2-4-9(5-3-8)20-12(14,15)16/h2-6H,1H3,(H,17,18,19). The number of alkyl halides is 3. The van der Waals surface area contributed by atoms with E-state index in [2.05, 4.69) is 20.0 Å². The Hall–Kier alpha value is -2.02. The van der Waals surface area contributed by atoms with E-state index < -0.39 is 6.36 Å². The summed E-state index contributed by atoms with van der Waals surface area (Å²) in [7, 11) is 0. The summed E-state index contributed by atoms with van der Waals surface area (Å²) in [4.78, 5) is 7.84. The van der Waals surface area contributed by atoms with Gasteiger partial charge in [0.2, 0.25) is 5.28 Å². The fraction of sp³-hybridized carbons (Fsp3) is 0.167. The first-order valence-electron chi connectivity index (χ1n) is 5.46. The fourth-order valence-electron chi connectivity index (χ4n) is 1.48. The number of hydrogen-bond acceptors (Lipinski definition) is 4. The molecule has 0 amide bonds. The number of ether oxygens (including phenoxy) is 1. The molecule has 0 saturated heterocycles. The van der Waals surface area contributed by atoms with E-state index in [9.17, 15) is 13.2 Å². The Morgan fingerprint density at radius 3 is 2.35 bits per heavy atom. The predicted octanol–water partition coefficient (Wildman–Crippen LogP) is 4.08. The number of nitrogens with zero attached hydrogens (tertiary/aromatic N) is 2. The lowest BCUT2D eigenvalue weighted by atomic mass is 10.3. The molecule has 2 aromatic rings. The Labute approximate surface area is 117 Å². The van der Waals surface area contributed by atoms with Gasteiger partial charge in [-0.25, -0.2) is 9.97 Å². The molecule has 1 N–H and O–H groups in total. The number of aryl methyl sites for hydroxylation is 1. The number of benzene rings is 1. The summed E-state index contributed by atoms with van der Waals surface area (Å²) in [5, 5.41) is 2.99. The van der Waals surface area contributed by atoms with E-state index >= 15 is 0 Å². The number of nitrogens with one attached hydrogen (secondary N) is 1. The normalized spacial score (nSPS) is 11.2. The van der Waals surface area contributed by atoms with E-state index in [4.69, 9.17) is 11.6 Å². The van der Waals surface area contributed by atoms with Gasteiger partial charge < -0.3 is 10.1 Å². The van der Waals surface area contributed by atoms with Crippen molar-refractivity contribution in [3.05, 3.63) is 41.3 Å². The van der Waals surface area contributed by atoms with Gasteiger partial charge in [-0.1, -0.05) is 0 Å². The van der Waals surface area contributed by atoms with Crippen molar-refractivity contribution >= 4 is 23.1 Å². The Kier molecular flexibility index (Phi) is 3.99. The van der Waals surface area contributed by atoms with Gasteiger partial charge in [0.05, 0.1) is 0 Å². The lowest BCUT2D eigenvalue weighted by molar-refractivity contribution is -0.274. The molecule has 0 spiro atoms. The molecule has 0 aliphatic rings. The van der Waals surface area contributed by atoms with E-state index in [0.717, 1.165) is 0 Å². The second kappa shape index (κ2) is 5.54. The smallest absolute Gasteiger partial charge is 0.406 e. The van der Waals surface area contributed by atoms with Crippen molar-refractivity contribution in [1.29, 1.82) is 0 Å². The van der Waals surface area contributed by atoms with Gasteiger partial charge in [0.25, 0.3) is 0 Å². The third-order valence-corrected chi connectivity index (χ3v) is 2.36. The van der Waals surface area contributed by atoms with Gasteiger partial charge in [-0.05, 0) is 42.8 Å². The van der Waals surface area contributed by atoms with Crippen molar-refractivity contribution in [3.63, 3.8) is 0 Å². The zero-order valence-electron chi connectivity index (χ0n) is 10.2. The van der Waals surface area contributed by atoms with Crippen LogP contribution in [0.25, 0.3) is 0 Å².